The Morgan fingerprint density at radius 2 is 1.78 bits per heavy atom. The first kappa shape index (κ1) is 12.1. The molecule has 0 spiro atoms. The number of Topliss-reactive ketones (excluding diaryl/α,β-unsaturated/α-hetero) is 1. The molecule has 2 aromatic rings. The Labute approximate surface area is 106 Å². The van der Waals surface area contributed by atoms with E-state index in [0.29, 0.717) is 24.3 Å². The number of benzene rings is 1. The summed E-state index contributed by atoms with van der Waals surface area (Å²) in [6.07, 6.45) is 2.35. The summed E-state index contributed by atoms with van der Waals surface area (Å²) in [6.45, 7) is 0. The number of anilines is 2. The van der Waals surface area contributed by atoms with Crippen LogP contribution in [0.3, 0.4) is 0 Å². The largest absolute Gasteiger partial charge is 0.399 e. The zero-order valence-corrected chi connectivity index (χ0v) is 9.97. The van der Waals surface area contributed by atoms with E-state index in [1.807, 2.05) is 18.2 Å². The molecule has 0 bridgehead atoms. The minimum Gasteiger partial charge on any atom is -0.399 e. The predicted molar refractivity (Wildman–Crippen MR) is 71.9 cm³/mol. The first-order valence-corrected chi connectivity index (χ1v) is 5.70. The van der Waals surface area contributed by atoms with Crippen molar-refractivity contribution in [2.75, 3.05) is 11.5 Å². The molecule has 0 atom stereocenters. The number of carbonyl (C=O) groups is 1. The lowest BCUT2D eigenvalue weighted by Gasteiger charge is -2.03. The number of pyridine rings is 1. The molecule has 92 valence electrons. The average molecular weight is 241 g/mol. The van der Waals surface area contributed by atoms with E-state index >= 15 is 0 Å². The fourth-order valence-corrected chi connectivity index (χ4v) is 1.83. The van der Waals surface area contributed by atoms with E-state index in [1.165, 1.54) is 0 Å². The summed E-state index contributed by atoms with van der Waals surface area (Å²) in [5.41, 5.74) is 13.7. The van der Waals surface area contributed by atoms with Crippen LogP contribution in [-0.2, 0) is 17.6 Å². The smallest absolute Gasteiger partial charge is 0.141 e. The highest BCUT2D eigenvalue weighted by atomic mass is 16.1. The first-order chi connectivity index (χ1) is 8.63. The summed E-state index contributed by atoms with van der Waals surface area (Å²) < 4.78 is 0. The lowest BCUT2D eigenvalue weighted by Crippen LogP contribution is -2.07. The summed E-state index contributed by atoms with van der Waals surface area (Å²) >= 11 is 0. The van der Waals surface area contributed by atoms with Crippen molar-refractivity contribution in [3.05, 3.63) is 53.7 Å². The molecule has 0 aliphatic rings. The molecule has 0 amide bonds. The van der Waals surface area contributed by atoms with Gasteiger partial charge in [-0.25, -0.2) is 4.98 Å². The van der Waals surface area contributed by atoms with E-state index in [1.54, 1.807) is 24.4 Å². The average Bonchev–Trinajstić information content (AvgIpc) is 2.28. The van der Waals surface area contributed by atoms with Gasteiger partial charge in [-0.3, -0.25) is 4.79 Å². The van der Waals surface area contributed by atoms with Crippen molar-refractivity contribution in [3.8, 4) is 0 Å². The Kier molecular flexibility index (Phi) is 3.57. The molecule has 4 N–H and O–H groups in total. The van der Waals surface area contributed by atoms with E-state index in [4.69, 9.17) is 11.5 Å². The van der Waals surface area contributed by atoms with Crippen LogP contribution in [0.4, 0.5) is 11.5 Å². The van der Waals surface area contributed by atoms with E-state index in [2.05, 4.69) is 4.98 Å². The Morgan fingerprint density at radius 3 is 2.44 bits per heavy atom. The third-order valence-corrected chi connectivity index (χ3v) is 2.60. The molecule has 0 radical (unpaired) electrons. The highest BCUT2D eigenvalue weighted by Crippen LogP contribution is 2.10. The summed E-state index contributed by atoms with van der Waals surface area (Å²) in [5.74, 6) is 0.565. The van der Waals surface area contributed by atoms with Crippen LogP contribution in [-0.4, -0.2) is 10.8 Å². The van der Waals surface area contributed by atoms with E-state index in [-0.39, 0.29) is 5.78 Å². The highest BCUT2D eigenvalue weighted by Gasteiger charge is 2.06. The number of nitrogen functional groups attached to an aromatic ring is 2. The quantitative estimate of drug-likeness (QED) is 0.796. The molecular weight excluding hydrogens is 226 g/mol. The molecule has 0 fully saturated rings. The van der Waals surface area contributed by atoms with Gasteiger partial charge in [-0.1, -0.05) is 12.1 Å². The Bertz CT molecular complexity index is 517. The topological polar surface area (TPSA) is 82.0 Å². The number of nitrogens with two attached hydrogens (primary N) is 2. The molecule has 0 aliphatic carbocycles. The molecule has 2 rings (SSSR count). The van der Waals surface area contributed by atoms with Gasteiger partial charge in [-0.15, -0.1) is 0 Å². The van der Waals surface area contributed by atoms with Gasteiger partial charge in [0.1, 0.15) is 11.6 Å². The van der Waals surface area contributed by atoms with Gasteiger partial charge in [0.25, 0.3) is 0 Å². The maximum absolute atomic E-state index is 11.9. The SMILES string of the molecule is Nc1cccc(CC(=O)Cc2ccnc(N)c2)c1. The highest BCUT2D eigenvalue weighted by molar-refractivity contribution is 5.83. The van der Waals surface area contributed by atoms with E-state index in [9.17, 15) is 4.79 Å². The summed E-state index contributed by atoms with van der Waals surface area (Å²) in [7, 11) is 0. The van der Waals surface area contributed by atoms with Crippen LogP contribution in [0, 0.1) is 0 Å². The van der Waals surface area contributed by atoms with Crippen LogP contribution in [0.25, 0.3) is 0 Å². The van der Waals surface area contributed by atoms with Gasteiger partial charge in [0, 0.05) is 24.7 Å². The summed E-state index contributed by atoms with van der Waals surface area (Å²) in [6, 6.07) is 10.9. The molecule has 0 saturated carbocycles. The van der Waals surface area contributed by atoms with Crippen LogP contribution in [0.2, 0.25) is 0 Å². The van der Waals surface area contributed by atoms with Crippen LogP contribution < -0.4 is 11.5 Å². The first-order valence-electron chi connectivity index (χ1n) is 5.70. The lowest BCUT2D eigenvalue weighted by molar-refractivity contribution is -0.117. The molecule has 1 heterocycles. The Morgan fingerprint density at radius 1 is 1.06 bits per heavy atom. The molecule has 0 unspecified atom stereocenters. The normalized spacial score (nSPS) is 10.2. The fraction of sp³-hybridized carbons (Fsp3) is 0.143. The number of carbonyl (C=O) groups excluding carboxylic acids is 1. The molecule has 4 nitrogen and oxygen atoms in total. The van der Waals surface area contributed by atoms with Crippen molar-refractivity contribution < 1.29 is 4.79 Å². The monoisotopic (exact) mass is 241 g/mol. The van der Waals surface area contributed by atoms with Crippen LogP contribution >= 0.6 is 0 Å². The molecule has 18 heavy (non-hydrogen) atoms. The molecule has 4 heteroatoms. The summed E-state index contributed by atoms with van der Waals surface area (Å²) in [5, 5.41) is 0. The van der Waals surface area contributed by atoms with E-state index in [0.717, 1.165) is 11.1 Å². The van der Waals surface area contributed by atoms with Gasteiger partial charge in [-0.2, -0.15) is 0 Å². The van der Waals surface area contributed by atoms with Crippen LogP contribution in [0.15, 0.2) is 42.6 Å². The predicted octanol–water partition coefficient (Wildman–Crippen LogP) is 1.60. The Hall–Kier alpha value is -2.36. The van der Waals surface area contributed by atoms with Crippen molar-refractivity contribution in [3.63, 3.8) is 0 Å². The fourth-order valence-electron chi connectivity index (χ4n) is 1.83. The standard InChI is InChI=1S/C14H15N3O/c15-12-3-1-2-10(6-12)7-13(18)8-11-4-5-17-14(16)9-11/h1-6,9H,7-8,15H2,(H2,16,17). The van der Waals surface area contributed by atoms with Gasteiger partial charge in [0.05, 0.1) is 0 Å². The number of hydrogen-bond acceptors (Lipinski definition) is 4. The van der Waals surface area contributed by atoms with Crippen LogP contribution in [0.5, 0.6) is 0 Å². The van der Waals surface area contributed by atoms with Crippen molar-refractivity contribution in [2.45, 2.75) is 12.8 Å². The second-order valence-electron chi connectivity index (χ2n) is 4.23. The van der Waals surface area contributed by atoms with Gasteiger partial charge >= 0.3 is 0 Å². The van der Waals surface area contributed by atoms with Gasteiger partial charge < -0.3 is 11.5 Å². The second kappa shape index (κ2) is 5.31. The third-order valence-electron chi connectivity index (χ3n) is 2.60. The van der Waals surface area contributed by atoms with Crippen molar-refractivity contribution >= 4 is 17.3 Å². The molecule has 1 aromatic heterocycles. The minimum absolute atomic E-state index is 0.131. The van der Waals surface area contributed by atoms with Crippen molar-refractivity contribution in [2.24, 2.45) is 0 Å². The lowest BCUT2D eigenvalue weighted by atomic mass is 10.0. The number of nitrogens with zero attached hydrogens (tertiary/aromatic N) is 1. The zero-order valence-electron chi connectivity index (χ0n) is 9.97. The summed E-state index contributed by atoms with van der Waals surface area (Å²) in [4.78, 5) is 15.8. The van der Waals surface area contributed by atoms with Crippen molar-refractivity contribution in [1.29, 1.82) is 0 Å². The Balaban J connectivity index is 2.01. The molecule has 0 aliphatic heterocycles. The molecule has 1 aromatic carbocycles. The van der Waals surface area contributed by atoms with E-state index < -0.39 is 0 Å². The maximum Gasteiger partial charge on any atom is 0.141 e. The van der Waals surface area contributed by atoms with Gasteiger partial charge in [-0.05, 0) is 35.4 Å². The van der Waals surface area contributed by atoms with Crippen molar-refractivity contribution in [1.82, 2.24) is 4.98 Å². The molecular formula is C14H15N3O. The number of ketones is 1. The zero-order chi connectivity index (χ0) is 13.0. The second-order valence-corrected chi connectivity index (χ2v) is 4.23. The number of rotatable bonds is 4. The minimum atomic E-state index is 0.131. The maximum atomic E-state index is 11.9. The number of hydrogen-bond donors (Lipinski definition) is 2. The van der Waals surface area contributed by atoms with Gasteiger partial charge in [0.15, 0.2) is 0 Å². The van der Waals surface area contributed by atoms with Gasteiger partial charge in [0.2, 0.25) is 0 Å². The van der Waals surface area contributed by atoms with Crippen LogP contribution in [0.1, 0.15) is 11.1 Å². The molecule has 0 saturated heterocycles. The number of aromatic nitrogens is 1. The third kappa shape index (κ3) is 3.31.